The van der Waals surface area contributed by atoms with Crippen LogP contribution < -0.4 is 0 Å². The Labute approximate surface area is 266 Å². The van der Waals surface area contributed by atoms with Gasteiger partial charge < -0.3 is 0 Å². The van der Waals surface area contributed by atoms with Gasteiger partial charge in [0, 0.05) is 29.4 Å². The Hall–Kier alpha value is -6.06. The Kier molecular flexibility index (Phi) is 5.20. The third kappa shape index (κ3) is 3.32. The average Bonchev–Trinajstić information content (AvgIpc) is 3.55. The fourth-order valence-corrected chi connectivity index (χ4v) is 8.11. The Morgan fingerprint density at radius 2 is 1.13 bits per heavy atom. The molecule has 8 aromatic rings. The molecule has 0 aliphatic heterocycles. The highest BCUT2D eigenvalue weighted by Gasteiger charge is 2.48. The Bertz CT molecular complexity index is 2490. The number of aromatic nitrogens is 3. The van der Waals surface area contributed by atoms with Crippen LogP contribution in [0.15, 0.2) is 152 Å². The lowest BCUT2D eigenvalue weighted by Gasteiger charge is -2.35. The fraction of sp³-hybridized carbons (Fsp3) is 0.0233. The zero-order valence-corrected chi connectivity index (χ0v) is 24.9. The summed E-state index contributed by atoms with van der Waals surface area (Å²) in [4.78, 5) is 9.20. The molecule has 46 heavy (non-hydrogen) atoms. The van der Waals surface area contributed by atoms with E-state index in [1.807, 2.05) is 30.7 Å². The van der Waals surface area contributed by atoms with Gasteiger partial charge in [-0.1, -0.05) is 109 Å². The molecule has 1 spiro atoms. The zero-order chi connectivity index (χ0) is 30.2. The molecule has 2 aliphatic carbocycles. The SMILES string of the molecule is C1=Cc2ccccc2C2(c3ccccc31)c1ccccc1-c1ccc(-c3ccc4c(c3)c3cnccc3n4-c3ccccn3)cc12. The lowest BCUT2D eigenvalue weighted by atomic mass is 9.66. The van der Waals surface area contributed by atoms with Crippen LogP contribution in [0.2, 0.25) is 0 Å². The van der Waals surface area contributed by atoms with Crippen LogP contribution in [-0.2, 0) is 5.41 Å². The summed E-state index contributed by atoms with van der Waals surface area (Å²) in [5, 5.41) is 2.28. The van der Waals surface area contributed by atoms with Crippen molar-refractivity contribution in [2.75, 3.05) is 0 Å². The molecule has 3 heteroatoms. The van der Waals surface area contributed by atoms with Crippen LogP contribution in [0.4, 0.5) is 0 Å². The molecule has 0 saturated heterocycles. The summed E-state index contributed by atoms with van der Waals surface area (Å²) in [5.74, 6) is 0.901. The highest BCUT2D eigenvalue weighted by Crippen LogP contribution is 2.59. The van der Waals surface area contributed by atoms with E-state index >= 15 is 0 Å². The normalized spacial score (nSPS) is 13.7. The van der Waals surface area contributed by atoms with E-state index in [1.54, 1.807) is 0 Å². The van der Waals surface area contributed by atoms with Gasteiger partial charge in [-0.25, -0.2) is 4.98 Å². The largest absolute Gasteiger partial charge is 0.294 e. The average molecular weight is 586 g/mol. The van der Waals surface area contributed by atoms with Crippen molar-refractivity contribution in [2.24, 2.45) is 0 Å². The summed E-state index contributed by atoms with van der Waals surface area (Å²) in [6.45, 7) is 0. The van der Waals surface area contributed by atoms with Gasteiger partial charge in [0.25, 0.3) is 0 Å². The summed E-state index contributed by atoms with van der Waals surface area (Å²) >= 11 is 0. The van der Waals surface area contributed by atoms with Gasteiger partial charge >= 0.3 is 0 Å². The van der Waals surface area contributed by atoms with Crippen LogP contribution in [0, 0.1) is 0 Å². The maximum Gasteiger partial charge on any atom is 0.137 e. The smallest absolute Gasteiger partial charge is 0.137 e. The van der Waals surface area contributed by atoms with Crippen LogP contribution in [-0.4, -0.2) is 14.5 Å². The van der Waals surface area contributed by atoms with Gasteiger partial charge in [-0.2, -0.15) is 0 Å². The molecule has 0 N–H and O–H groups in total. The van der Waals surface area contributed by atoms with E-state index in [2.05, 4.69) is 143 Å². The van der Waals surface area contributed by atoms with Gasteiger partial charge in [-0.15, -0.1) is 0 Å². The zero-order valence-electron chi connectivity index (χ0n) is 24.9. The molecule has 0 unspecified atom stereocenters. The maximum absolute atomic E-state index is 4.69. The van der Waals surface area contributed by atoms with Crippen LogP contribution in [0.1, 0.15) is 33.4 Å². The van der Waals surface area contributed by atoms with Crippen LogP contribution >= 0.6 is 0 Å². The van der Waals surface area contributed by atoms with Gasteiger partial charge in [0.05, 0.1) is 16.4 Å². The van der Waals surface area contributed by atoms with Crippen LogP contribution in [0.3, 0.4) is 0 Å². The van der Waals surface area contributed by atoms with Gasteiger partial charge in [0.2, 0.25) is 0 Å². The highest BCUT2D eigenvalue weighted by atomic mass is 15.1. The van der Waals surface area contributed by atoms with Gasteiger partial charge in [-0.3, -0.25) is 9.55 Å². The van der Waals surface area contributed by atoms with E-state index in [0.717, 1.165) is 22.2 Å². The summed E-state index contributed by atoms with van der Waals surface area (Å²) in [5.41, 5.74) is 14.6. The molecular formula is C43H27N3. The molecule has 0 radical (unpaired) electrons. The summed E-state index contributed by atoms with van der Waals surface area (Å²) in [6.07, 6.45) is 10.2. The first-order valence-corrected chi connectivity index (χ1v) is 15.7. The van der Waals surface area contributed by atoms with Crippen molar-refractivity contribution >= 4 is 34.0 Å². The number of fused-ring (bicyclic) bond motifs is 12. The van der Waals surface area contributed by atoms with E-state index in [1.165, 1.54) is 61.0 Å². The van der Waals surface area contributed by atoms with E-state index in [0.29, 0.717) is 0 Å². The summed E-state index contributed by atoms with van der Waals surface area (Å²) in [6, 6.07) is 48.8. The van der Waals surface area contributed by atoms with Crippen molar-refractivity contribution in [3.05, 3.63) is 185 Å². The second kappa shape index (κ2) is 9.47. The second-order valence-electron chi connectivity index (χ2n) is 12.2. The summed E-state index contributed by atoms with van der Waals surface area (Å²) in [7, 11) is 0. The predicted molar refractivity (Wildman–Crippen MR) is 188 cm³/mol. The monoisotopic (exact) mass is 585 g/mol. The first kappa shape index (κ1) is 25.3. The van der Waals surface area contributed by atoms with Crippen molar-refractivity contribution in [1.82, 2.24) is 14.5 Å². The number of pyridine rings is 2. The van der Waals surface area contributed by atoms with Crippen molar-refractivity contribution in [3.63, 3.8) is 0 Å². The molecule has 0 atom stereocenters. The van der Waals surface area contributed by atoms with Gasteiger partial charge in [-0.05, 0) is 92.0 Å². The number of nitrogens with zero attached hydrogens (tertiary/aromatic N) is 3. The Morgan fingerprint density at radius 3 is 1.91 bits per heavy atom. The van der Waals surface area contributed by atoms with E-state index in [9.17, 15) is 0 Å². The number of hydrogen-bond donors (Lipinski definition) is 0. The minimum atomic E-state index is -0.443. The molecule has 0 bridgehead atoms. The molecular weight excluding hydrogens is 558 g/mol. The first-order valence-electron chi connectivity index (χ1n) is 15.7. The molecule has 0 fully saturated rings. The quantitative estimate of drug-likeness (QED) is 0.202. The molecule has 2 aliphatic rings. The van der Waals surface area contributed by atoms with Crippen molar-refractivity contribution in [2.45, 2.75) is 5.41 Å². The van der Waals surface area contributed by atoms with Crippen molar-refractivity contribution in [3.8, 4) is 28.1 Å². The topological polar surface area (TPSA) is 30.7 Å². The third-order valence-corrected chi connectivity index (χ3v) is 10.00. The maximum atomic E-state index is 4.69. The second-order valence-corrected chi connectivity index (χ2v) is 12.2. The molecule has 3 nitrogen and oxygen atoms in total. The summed E-state index contributed by atoms with van der Waals surface area (Å²) < 4.78 is 2.23. The lowest BCUT2D eigenvalue weighted by molar-refractivity contribution is 0.766. The number of rotatable bonds is 2. The van der Waals surface area contributed by atoms with Crippen LogP contribution in [0.25, 0.3) is 62.0 Å². The number of benzene rings is 5. The molecule has 3 aromatic heterocycles. The minimum absolute atomic E-state index is 0.443. The van der Waals surface area contributed by atoms with Crippen LogP contribution in [0.5, 0.6) is 0 Å². The van der Waals surface area contributed by atoms with Gasteiger partial charge in [0.15, 0.2) is 0 Å². The van der Waals surface area contributed by atoms with E-state index < -0.39 is 5.41 Å². The molecule has 3 heterocycles. The molecule has 0 saturated carbocycles. The molecule has 10 rings (SSSR count). The van der Waals surface area contributed by atoms with E-state index in [4.69, 9.17) is 4.98 Å². The minimum Gasteiger partial charge on any atom is -0.294 e. The Morgan fingerprint density at radius 1 is 0.478 bits per heavy atom. The molecule has 214 valence electrons. The predicted octanol–water partition coefficient (Wildman–Crippen LogP) is 10.1. The van der Waals surface area contributed by atoms with Crippen molar-refractivity contribution < 1.29 is 0 Å². The fourth-order valence-electron chi connectivity index (χ4n) is 8.11. The molecule has 0 amide bonds. The van der Waals surface area contributed by atoms with E-state index in [-0.39, 0.29) is 0 Å². The highest BCUT2D eigenvalue weighted by molar-refractivity contribution is 6.10. The standard InChI is InChI=1S/C43H27N3/c1-4-12-36-28(9-1)16-17-29-10-2-5-13-37(29)43(36)38-14-6-3-11-32(38)33-20-18-31(26-39(33)43)30-19-21-40-34(25-30)35-27-44-24-22-41(35)46(40)42-15-7-8-23-45-42/h1-27H. The molecule has 5 aromatic carbocycles. The lowest BCUT2D eigenvalue weighted by Crippen LogP contribution is -2.29. The number of hydrogen-bond acceptors (Lipinski definition) is 2. The third-order valence-electron chi connectivity index (χ3n) is 10.00. The van der Waals surface area contributed by atoms with Gasteiger partial charge in [0.1, 0.15) is 5.82 Å². The first-order chi connectivity index (χ1) is 22.8. The van der Waals surface area contributed by atoms with Crippen molar-refractivity contribution in [1.29, 1.82) is 0 Å². The Balaban J connectivity index is 1.25.